The van der Waals surface area contributed by atoms with Gasteiger partial charge in [0.25, 0.3) is 0 Å². The van der Waals surface area contributed by atoms with Crippen molar-refractivity contribution in [1.82, 2.24) is 9.97 Å². The van der Waals surface area contributed by atoms with E-state index in [2.05, 4.69) is 9.97 Å². The second-order valence-corrected chi connectivity index (χ2v) is 6.05. The van der Waals surface area contributed by atoms with Crippen LogP contribution in [0.15, 0.2) is 6.20 Å². The third-order valence-electron chi connectivity index (χ3n) is 3.39. The molecule has 5 nitrogen and oxygen atoms in total. The summed E-state index contributed by atoms with van der Waals surface area (Å²) in [5.74, 6) is 0.978. The van der Waals surface area contributed by atoms with E-state index in [1.807, 2.05) is 0 Å². The molecule has 0 unspecified atom stereocenters. The van der Waals surface area contributed by atoms with Gasteiger partial charge >= 0.3 is 0 Å². The Labute approximate surface area is 123 Å². The van der Waals surface area contributed by atoms with Gasteiger partial charge in [-0.3, -0.25) is 4.79 Å². The van der Waals surface area contributed by atoms with Crippen LogP contribution in [0.5, 0.6) is 11.8 Å². The highest BCUT2D eigenvalue weighted by atomic mass is 32.2. The minimum absolute atomic E-state index is 0.0347. The van der Waals surface area contributed by atoms with Crippen LogP contribution in [0.4, 0.5) is 0 Å². The predicted molar refractivity (Wildman–Crippen MR) is 78.8 cm³/mol. The fraction of sp³-hybridized carbons (Fsp3) is 0.643. The maximum atomic E-state index is 12.2. The highest BCUT2D eigenvalue weighted by Crippen LogP contribution is 2.29. The zero-order valence-electron chi connectivity index (χ0n) is 11.9. The first kappa shape index (κ1) is 15.1. The SMILES string of the molecule is COc1cnc(C(=O)CSC2CCCCC2)c(OC)n1. The number of nitrogens with zero attached hydrogens (tertiary/aromatic N) is 2. The topological polar surface area (TPSA) is 61.3 Å². The number of aromatic nitrogens is 2. The average Bonchev–Trinajstić information content (AvgIpc) is 2.52. The first-order valence-corrected chi connectivity index (χ1v) is 7.89. The van der Waals surface area contributed by atoms with Gasteiger partial charge in [0, 0.05) is 5.25 Å². The summed E-state index contributed by atoms with van der Waals surface area (Å²) in [6.45, 7) is 0. The number of carbonyl (C=O) groups excluding carboxylic acids is 1. The summed E-state index contributed by atoms with van der Waals surface area (Å²) in [5, 5.41) is 0.602. The fourth-order valence-corrected chi connectivity index (χ4v) is 3.47. The van der Waals surface area contributed by atoms with Crippen molar-refractivity contribution < 1.29 is 14.3 Å². The number of rotatable bonds is 6. The second kappa shape index (κ2) is 7.47. The Morgan fingerprint density at radius 1 is 1.30 bits per heavy atom. The molecule has 110 valence electrons. The number of methoxy groups -OCH3 is 2. The molecular weight excluding hydrogens is 276 g/mol. The second-order valence-electron chi connectivity index (χ2n) is 4.76. The zero-order valence-corrected chi connectivity index (χ0v) is 12.7. The van der Waals surface area contributed by atoms with Crippen molar-refractivity contribution in [3.63, 3.8) is 0 Å². The Hall–Kier alpha value is -1.30. The summed E-state index contributed by atoms with van der Waals surface area (Å²) in [5.41, 5.74) is 0.289. The number of hydrogen-bond acceptors (Lipinski definition) is 6. The van der Waals surface area contributed by atoms with Crippen LogP contribution in [-0.2, 0) is 0 Å². The normalized spacial score (nSPS) is 15.9. The maximum absolute atomic E-state index is 12.2. The molecule has 20 heavy (non-hydrogen) atoms. The fourth-order valence-electron chi connectivity index (χ4n) is 2.28. The number of hydrogen-bond donors (Lipinski definition) is 0. The quantitative estimate of drug-likeness (QED) is 0.752. The lowest BCUT2D eigenvalue weighted by Gasteiger charge is -2.20. The summed E-state index contributed by atoms with van der Waals surface area (Å²) >= 11 is 1.73. The van der Waals surface area contributed by atoms with Crippen LogP contribution in [0.2, 0.25) is 0 Å². The van der Waals surface area contributed by atoms with Crippen molar-refractivity contribution in [1.29, 1.82) is 0 Å². The summed E-state index contributed by atoms with van der Waals surface area (Å²) in [4.78, 5) is 20.4. The monoisotopic (exact) mass is 296 g/mol. The molecule has 0 aliphatic heterocycles. The Morgan fingerprint density at radius 2 is 2.05 bits per heavy atom. The molecule has 1 aliphatic carbocycles. The summed E-state index contributed by atoms with van der Waals surface area (Å²) < 4.78 is 10.1. The molecule has 0 saturated heterocycles. The van der Waals surface area contributed by atoms with Crippen molar-refractivity contribution in [3.05, 3.63) is 11.9 Å². The van der Waals surface area contributed by atoms with Crippen LogP contribution in [0, 0.1) is 0 Å². The van der Waals surface area contributed by atoms with Gasteiger partial charge in [0.2, 0.25) is 11.8 Å². The summed E-state index contributed by atoms with van der Waals surface area (Å²) in [7, 11) is 2.98. The van der Waals surface area contributed by atoms with E-state index in [9.17, 15) is 4.79 Å². The third kappa shape index (κ3) is 3.85. The molecule has 2 rings (SSSR count). The van der Waals surface area contributed by atoms with Crippen molar-refractivity contribution in [2.45, 2.75) is 37.4 Å². The van der Waals surface area contributed by atoms with Gasteiger partial charge in [-0.25, -0.2) is 4.98 Å². The number of Topliss-reactive ketones (excluding diaryl/α,β-unsaturated/α-hetero) is 1. The largest absolute Gasteiger partial charge is 0.480 e. The summed E-state index contributed by atoms with van der Waals surface area (Å²) in [6, 6.07) is 0. The number of carbonyl (C=O) groups is 1. The van der Waals surface area contributed by atoms with Gasteiger partial charge in [0.15, 0.2) is 11.5 Å². The molecule has 1 aromatic rings. The molecule has 0 spiro atoms. The smallest absolute Gasteiger partial charge is 0.246 e. The average molecular weight is 296 g/mol. The van der Waals surface area contributed by atoms with E-state index in [1.165, 1.54) is 52.5 Å². The predicted octanol–water partition coefficient (Wildman–Crippen LogP) is 2.74. The molecule has 6 heteroatoms. The Morgan fingerprint density at radius 3 is 2.70 bits per heavy atom. The maximum Gasteiger partial charge on any atom is 0.246 e. The lowest BCUT2D eigenvalue weighted by molar-refractivity contribution is 0.101. The van der Waals surface area contributed by atoms with Crippen LogP contribution in [0.3, 0.4) is 0 Å². The first-order chi connectivity index (χ1) is 9.74. The number of ketones is 1. The zero-order chi connectivity index (χ0) is 14.4. The molecule has 1 heterocycles. The van der Waals surface area contributed by atoms with Crippen molar-refractivity contribution >= 4 is 17.5 Å². The Bertz CT molecular complexity index is 462. The first-order valence-electron chi connectivity index (χ1n) is 6.84. The van der Waals surface area contributed by atoms with Gasteiger partial charge in [0.05, 0.1) is 26.2 Å². The van der Waals surface area contributed by atoms with E-state index in [0.717, 1.165) is 0 Å². The molecule has 0 aromatic carbocycles. The van der Waals surface area contributed by atoms with Gasteiger partial charge in [-0.05, 0) is 12.8 Å². The van der Waals surface area contributed by atoms with Gasteiger partial charge in [-0.2, -0.15) is 16.7 Å². The molecule has 1 aliphatic rings. The van der Waals surface area contributed by atoms with E-state index in [-0.39, 0.29) is 17.4 Å². The van der Waals surface area contributed by atoms with Crippen LogP contribution in [0.25, 0.3) is 0 Å². The molecule has 1 fully saturated rings. The molecular formula is C14H20N2O3S. The third-order valence-corrected chi connectivity index (χ3v) is 4.76. The van der Waals surface area contributed by atoms with Gasteiger partial charge in [-0.1, -0.05) is 19.3 Å². The van der Waals surface area contributed by atoms with E-state index >= 15 is 0 Å². The molecule has 0 N–H and O–H groups in total. The number of thioether (sulfide) groups is 1. The molecule has 0 bridgehead atoms. The van der Waals surface area contributed by atoms with Crippen LogP contribution in [-0.4, -0.2) is 41.0 Å². The highest BCUT2D eigenvalue weighted by molar-refractivity contribution is 8.00. The van der Waals surface area contributed by atoms with E-state index in [1.54, 1.807) is 11.8 Å². The van der Waals surface area contributed by atoms with Crippen LogP contribution in [0.1, 0.15) is 42.6 Å². The van der Waals surface area contributed by atoms with Crippen molar-refractivity contribution in [2.24, 2.45) is 0 Å². The minimum atomic E-state index is -0.0347. The Balaban J connectivity index is 1.97. The van der Waals surface area contributed by atoms with Gasteiger partial charge in [-0.15, -0.1) is 0 Å². The van der Waals surface area contributed by atoms with E-state index in [4.69, 9.17) is 9.47 Å². The summed E-state index contributed by atoms with van der Waals surface area (Å²) in [6.07, 6.45) is 7.74. The minimum Gasteiger partial charge on any atom is -0.480 e. The van der Waals surface area contributed by atoms with Gasteiger partial charge < -0.3 is 9.47 Å². The van der Waals surface area contributed by atoms with Crippen molar-refractivity contribution in [3.8, 4) is 11.8 Å². The molecule has 0 amide bonds. The van der Waals surface area contributed by atoms with Gasteiger partial charge in [0.1, 0.15) is 0 Å². The lowest BCUT2D eigenvalue weighted by atomic mass is 10.0. The molecule has 1 saturated carbocycles. The molecule has 1 aromatic heterocycles. The molecule has 0 radical (unpaired) electrons. The molecule has 0 atom stereocenters. The number of ether oxygens (including phenoxy) is 2. The standard InChI is InChI=1S/C14H20N2O3S/c1-18-12-8-15-13(14(16-12)19-2)11(17)9-20-10-6-4-3-5-7-10/h8,10H,3-7,9H2,1-2H3. The van der Waals surface area contributed by atoms with Crippen molar-refractivity contribution in [2.75, 3.05) is 20.0 Å². The Kier molecular flexibility index (Phi) is 5.64. The van der Waals surface area contributed by atoms with E-state index in [0.29, 0.717) is 16.9 Å². The van der Waals surface area contributed by atoms with Crippen LogP contribution < -0.4 is 9.47 Å². The highest BCUT2D eigenvalue weighted by Gasteiger charge is 2.20. The van der Waals surface area contributed by atoms with Crippen LogP contribution >= 0.6 is 11.8 Å². The lowest BCUT2D eigenvalue weighted by Crippen LogP contribution is -2.14. The van der Waals surface area contributed by atoms with E-state index < -0.39 is 0 Å².